The van der Waals surface area contributed by atoms with Gasteiger partial charge in [0, 0.05) is 13.1 Å². The van der Waals surface area contributed by atoms with Gasteiger partial charge in [-0.05, 0) is 30.2 Å². The molecule has 0 aliphatic heterocycles. The van der Waals surface area contributed by atoms with E-state index in [0.717, 1.165) is 13.1 Å². The topological polar surface area (TPSA) is 50.4 Å². The van der Waals surface area contributed by atoms with Crippen LogP contribution < -0.4 is 11.1 Å². The van der Waals surface area contributed by atoms with Crippen LogP contribution in [0.1, 0.15) is 50.5 Å². The Morgan fingerprint density at radius 3 is 2.80 bits per heavy atom. The zero-order valence-corrected chi connectivity index (χ0v) is 12.5. The zero-order chi connectivity index (χ0) is 14.2. The molecule has 0 aromatic heterocycles. The standard InChI is InChI=1S/C17H27N3/c1-2-3-4-8-11-19-17(18)20-13-15-12-16(15)14-9-6-5-7-10-14/h5-7,9-10,15-16H,2-4,8,11-13H2,1H3,(H3,18,19,20). The minimum Gasteiger partial charge on any atom is -0.370 e. The summed E-state index contributed by atoms with van der Waals surface area (Å²) in [5.41, 5.74) is 7.33. The highest BCUT2D eigenvalue weighted by molar-refractivity contribution is 5.77. The monoisotopic (exact) mass is 273 g/mol. The number of hydrogen-bond acceptors (Lipinski definition) is 1. The minimum atomic E-state index is 0.611. The Kier molecular flexibility index (Phi) is 5.90. The number of guanidine groups is 1. The predicted molar refractivity (Wildman–Crippen MR) is 85.9 cm³/mol. The Labute approximate surface area is 122 Å². The second-order valence-electron chi connectivity index (χ2n) is 5.73. The quantitative estimate of drug-likeness (QED) is 0.434. The van der Waals surface area contributed by atoms with E-state index in [0.29, 0.717) is 17.8 Å². The van der Waals surface area contributed by atoms with Crippen molar-refractivity contribution in [3.8, 4) is 0 Å². The first-order valence-electron chi connectivity index (χ1n) is 7.90. The van der Waals surface area contributed by atoms with E-state index in [-0.39, 0.29) is 0 Å². The molecule has 1 saturated carbocycles. The smallest absolute Gasteiger partial charge is 0.188 e. The highest BCUT2D eigenvalue weighted by Gasteiger charge is 2.37. The lowest BCUT2D eigenvalue weighted by Gasteiger charge is -2.05. The Bertz CT molecular complexity index is 414. The van der Waals surface area contributed by atoms with Crippen LogP contribution in [0.15, 0.2) is 35.3 Å². The molecule has 0 bridgehead atoms. The van der Waals surface area contributed by atoms with Crippen LogP contribution in [0.25, 0.3) is 0 Å². The van der Waals surface area contributed by atoms with Gasteiger partial charge >= 0.3 is 0 Å². The molecule has 0 saturated heterocycles. The molecule has 2 unspecified atom stereocenters. The molecule has 2 rings (SSSR count). The fourth-order valence-corrected chi connectivity index (χ4v) is 2.60. The molecule has 20 heavy (non-hydrogen) atoms. The molecular weight excluding hydrogens is 246 g/mol. The van der Waals surface area contributed by atoms with Crippen molar-refractivity contribution in [2.75, 3.05) is 13.1 Å². The van der Waals surface area contributed by atoms with E-state index in [1.165, 1.54) is 37.7 Å². The summed E-state index contributed by atoms with van der Waals surface area (Å²) >= 11 is 0. The highest BCUT2D eigenvalue weighted by Crippen LogP contribution is 2.47. The lowest BCUT2D eigenvalue weighted by atomic mass is 10.1. The molecule has 3 N–H and O–H groups in total. The summed E-state index contributed by atoms with van der Waals surface area (Å²) in [5.74, 6) is 1.98. The van der Waals surface area contributed by atoms with Crippen molar-refractivity contribution >= 4 is 5.96 Å². The predicted octanol–water partition coefficient (Wildman–Crippen LogP) is 3.27. The van der Waals surface area contributed by atoms with Gasteiger partial charge in [-0.15, -0.1) is 0 Å². The zero-order valence-electron chi connectivity index (χ0n) is 12.5. The largest absolute Gasteiger partial charge is 0.370 e. The van der Waals surface area contributed by atoms with Crippen molar-refractivity contribution in [1.82, 2.24) is 5.32 Å². The van der Waals surface area contributed by atoms with Crippen LogP contribution in [0.3, 0.4) is 0 Å². The van der Waals surface area contributed by atoms with Gasteiger partial charge in [0.15, 0.2) is 5.96 Å². The van der Waals surface area contributed by atoms with Gasteiger partial charge in [-0.25, -0.2) is 0 Å². The third kappa shape index (κ3) is 4.87. The minimum absolute atomic E-state index is 0.611. The van der Waals surface area contributed by atoms with Crippen LogP contribution in [0, 0.1) is 5.92 Å². The molecule has 1 aliphatic rings. The van der Waals surface area contributed by atoms with Gasteiger partial charge in [0.05, 0.1) is 0 Å². The number of aliphatic imine (C=N–C) groups is 1. The molecule has 0 spiro atoms. The van der Waals surface area contributed by atoms with Crippen LogP contribution in [-0.4, -0.2) is 19.0 Å². The van der Waals surface area contributed by atoms with E-state index in [2.05, 4.69) is 47.6 Å². The van der Waals surface area contributed by atoms with Crippen molar-refractivity contribution in [1.29, 1.82) is 0 Å². The number of nitrogens with two attached hydrogens (primary N) is 1. The van der Waals surface area contributed by atoms with Crippen molar-refractivity contribution in [3.63, 3.8) is 0 Å². The molecule has 1 aliphatic carbocycles. The van der Waals surface area contributed by atoms with E-state index >= 15 is 0 Å². The number of hydrogen-bond donors (Lipinski definition) is 2. The number of nitrogens with zero attached hydrogens (tertiary/aromatic N) is 1. The molecule has 0 heterocycles. The molecule has 3 nitrogen and oxygen atoms in total. The molecule has 0 radical (unpaired) electrons. The number of benzene rings is 1. The van der Waals surface area contributed by atoms with Crippen molar-refractivity contribution < 1.29 is 0 Å². The van der Waals surface area contributed by atoms with Gasteiger partial charge < -0.3 is 11.1 Å². The van der Waals surface area contributed by atoms with Crippen LogP contribution in [0.5, 0.6) is 0 Å². The molecule has 1 aromatic carbocycles. The van der Waals surface area contributed by atoms with Gasteiger partial charge in [-0.1, -0.05) is 56.5 Å². The molecule has 1 fully saturated rings. The average molecular weight is 273 g/mol. The number of nitrogens with one attached hydrogen (secondary N) is 1. The summed E-state index contributed by atoms with van der Waals surface area (Å²) in [4.78, 5) is 4.46. The fourth-order valence-electron chi connectivity index (χ4n) is 2.60. The van der Waals surface area contributed by atoms with Gasteiger partial charge in [0.1, 0.15) is 0 Å². The molecule has 2 atom stereocenters. The molecular formula is C17H27N3. The summed E-state index contributed by atoms with van der Waals surface area (Å²) < 4.78 is 0. The first-order valence-corrected chi connectivity index (χ1v) is 7.90. The van der Waals surface area contributed by atoms with Crippen LogP contribution in [0.2, 0.25) is 0 Å². The average Bonchev–Trinajstić information content (AvgIpc) is 3.25. The maximum atomic E-state index is 5.89. The Morgan fingerprint density at radius 1 is 1.25 bits per heavy atom. The molecule has 110 valence electrons. The van der Waals surface area contributed by atoms with Crippen LogP contribution >= 0.6 is 0 Å². The Hall–Kier alpha value is -1.51. The Balaban J connectivity index is 1.62. The number of unbranched alkanes of at least 4 members (excludes halogenated alkanes) is 3. The van der Waals surface area contributed by atoms with Crippen molar-refractivity contribution in [2.45, 2.75) is 44.9 Å². The second kappa shape index (κ2) is 7.93. The summed E-state index contributed by atoms with van der Waals surface area (Å²) in [6.07, 6.45) is 6.28. The van der Waals surface area contributed by atoms with Gasteiger partial charge in [0.25, 0.3) is 0 Å². The summed E-state index contributed by atoms with van der Waals surface area (Å²) in [6, 6.07) is 10.7. The third-order valence-electron chi connectivity index (χ3n) is 3.98. The van der Waals surface area contributed by atoms with Crippen LogP contribution in [-0.2, 0) is 0 Å². The molecule has 3 heteroatoms. The normalized spacial score (nSPS) is 21.8. The molecule has 1 aromatic rings. The fraction of sp³-hybridized carbons (Fsp3) is 0.588. The highest BCUT2D eigenvalue weighted by atomic mass is 15.1. The Morgan fingerprint density at radius 2 is 2.05 bits per heavy atom. The van der Waals surface area contributed by atoms with E-state index in [4.69, 9.17) is 5.73 Å². The molecule has 0 amide bonds. The summed E-state index contributed by atoms with van der Waals surface area (Å²) in [6.45, 7) is 4.03. The lowest BCUT2D eigenvalue weighted by molar-refractivity contribution is 0.651. The van der Waals surface area contributed by atoms with Crippen molar-refractivity contribution in [2.24, 2.45) is 16.6 Å². The first kappa shape index (κ1) is 14.9. The second-order valence-corrected chi connectivity index (χ2v) is 5.73. The van der Waals surface area contributed by atoms with E-state index in [1.807, 2.05) is 0 Å². The van der Waals surface area contributed by atoms with Crippen molar-refractivity contribution in [3.05, 3.63) is 35.9 Å². The SMILES string of the molecule is CCCCCCNC(N)=NCC1CC1c1ccccc1. The van der Waals surface area contributed by atoms with E-state index in [1.54, 1.807) is 0 Å². The summed E-state index contributed by atoms with van der Waals surface area (Å²) in [5, 5.41) is 3.21. The maximum absolute atomic E-state index is 5.89. The van der Waals surface area contributed by atoms with Gasteiger partial charge in [-0.3, -0.25) is 4.99 Å². The summed E-state index contributed by atoms with van der Waals surface area (Å²) in [7, 11) is 0. The van der Waals surface area contributed by atoms with E-state index < -0.39 is 0 Å². The van der Waals surface area contributed by atoms with Crippen LogP contribution in [0.4, 0.5) is 0 Å². The van der Waals surface area contributed by atoms with Gasteiger partial charge in [-0.2, -0.15) is 0 Å². The lowest BCUT2D eigenvalue weighted by Crippen LogP contribution is -2.32. The number of rotatable bonds is 8. The first-order chi connectivity index (χ1) is 9.81. The third-order valence-corrected chi connectivity index (χ3v) is 3.98. The maximum Gasteiger partial charge on any atom is 0.188 e. The van der Waals surface area contributed by atoms with Gasteiger partial charge in [0.2, 0.25) is 0 Å². The van der Waals surface area contributed by atoms with E-state index in [9.17, 15) is 0 Å².